The standard InChI is InChI=1S/C26H30N2O4S/c1-3-5-16-22(25(29)30-4-2)33-26-27-23(31-18-20-12-8-6-9-13-20)17-24(28-26)32-19-21-14-10-7-11-15-21/h6-15,17,22H,3-5,16,18-19H2,1-2H3. The monoisotopic (exact) mass is 466 g/mol. The fourth-order valence-corrected chi connectivity index (χ4v) is 4.01. The third-order valence-corrected chi connectivity index (χ3v) is 5.84. The molecule has 0 saturated heterocycles. The normalized spacial score (nSPS) is 11.6. The molecule has 6 nitrogen and oxygen atoms in total. The largest absolute Gasteiger partial charge is 0.473 e. The number of rotatable bonds is 13. The quantitative estimate of drug-likeness (QED) is 0.178. The van der Waals surface area contributed by atoms with Crippen molar-refractivity contribution >= 4 is 17.7 Å². The van der Waals surface area contributed by atoms with Crippen LogP contribution in [0.15, 0.2) is 71.9 Å². The van der Waals surface area contributed by atoms with Gasteiger partial charge in [0.15, 0.2) is 5.16 Å². The van der Waals surface area contributed by atoms with E-state index in [0.717, 1.165) is 24.0 Å². The molecule has 174 valence electrons. The summed E-state index contributed by atoms with van der Waals surface area (Å²) in [5, 5.41) is 0.0500. The van der Waals surface area contributed by atoms with Gasteiger partial charge >= 0.3 is 5.97 Å². The van der Waals surface area contributed by atoms with Crippen LogP contribution in [-0.4, -0.2) is 27.8 Å². The second kappa shape index (κ2) is 13.5. The minimum atomic E-state index is -0.378. The first kappa shape index (κ1) is 24.6. The molecule has 0 saturated carbocycles. The fourth-order valence-electron chi connectivity index (χ4n) is 3.02. The van der Waals surface area contributed by atoms with Gasteiger partial charge < -0.3 is 14.2 Å². The highest BCUT2D eigenvalue weighted by Crippen LogP contribution is 2.29. The first-order valence-corrected chi connectivity index (χ1v) is 12.1. The van der Waals surface area contributed by atoms with Crippen LogP contribution in [0.2, 0.25) is 0 Å². The van der Waals surface area contributed by atoms with Crippen LogP contribution >= 0.6 is 11.8 Å². The average molecular weight is 467 g/mol. The molecule has 1 unspecified atom stereocenters. The predicted octanol–water partition coefficient (Wildman–Crippen LogP) is 5.85. The molecule has 0 N–H and O–H groups in total. The summed E-state index contributed by atoms with van der Waals surface area (Å²) in [7, 11) is 0. The minimum Gasteiger partial charge on any atom is -0.473 e. The highest BCUT2D eigenvalue weighted by atomic mass is 32.2. The molecule has 7 heteroatoms. The van der Waals surface area contributed by atoms with E-state index in [1.807, 2.05) is 67.6 Å². The summed E-state index contributed by atoms with van der Waals surface area (Å²) in [4.78, 5) is 21.6. The molecule has 1 aromatic heterocycles. The number of unbranched alkanes of at least 4 members (excludes halogenated alkanes) is 1. The number of esters is 1. The Hall–Kier alpha value is -3.06. The number of hydrogen-bond donors (Lipinski definition) is 0. The van der Waals surface area contributed by atoms with Crippen molar-refractivity contribution in [2.24, 2.45) is 0 Å². The molecule has 0 fully saturated rings. The molecule has 33 heavy (non-hydrogen) atoms. The third-order valence-electron chi connectivity index (χ3n) is 4.73. The van der Waals surface area contributed by atoms with Crippen LogP contribution in [0.1, 0.15) is 44.2 Å². The van der Waals surface area contributed by atoms with Crippen molar-refractivity contribution in [3.05, 3.63) is 77.9 Å². The Labute approximate surface area is 199 Å². The van der Waals surface area contributed by atoms with Gasteiger partial charge in [0.1, 0.15) is 18.5 Å². The van der Waals surface area contributed by atoms with Gasteiger partial charge in [-0.1, -0.05) is 92.2 Å². The minimum absolute atomic E-state index is 0.248. The highest BCUT2D eigenvalue weighted by Gasteiger charge is 2.23. The lowest BCUT2D eigenvalue weighted by atomic mass is 10.2. The van der Waals surface area contributed by atoms with Gasteiger partial charge in [0.2, 0.25) is 11.8 Å². The summed E-state index contributed by atoms with van der Waals surface area (Å²) in [5.74, 6) is 0.553. The fraction of sp³-hybridized carbons (Fsp3) is 0.346. The van der Waals surface area contributed by atoms with Crippen LogP contribution in [-0.2, 0) is 22.7 Å². The number of aromatic nitrogens is 2. The SMILES string of the molecule is CCCCC(Sc1nc(OCc2ccccc2)cc(OCc2ccccc2)n1)C(=O)OCC. The molecule has 0 radical (unpaired) electrons. The first-order valence-electron chi connectivity index (χ1n) is 11.2. The lowest BCUT2D eigenvalue weighted by Crippen LogP contribution is -2.20. The Kier molecular flexibility index (Phi) is 10.0. The maximum Gasteiger partial charge on any atom is 0.319 e. The lowest BCUT2D eigenvalue weighted by molar-refractivity contribution is -0.142. The second-order valence-corrected chi connectivity index (χ2v) is 8.55. The van der Waals surface area contributed by atoms with E-state index in [2.05, 4.69) is 16.9 Å². The van der Waals surface area contributed by atoms with Crippen molar-refractivity contribution in [1.29, 1.82) is 0 Å². The number of thioether (sulfide) groups is 1. The number of carbonyl (C=O) groups excluding carboxylic acids is 1. The van der Waals surface area contributed by atoms with E-state index < -0.39 is 0 Å². The van der Waals surface area contributed by atoms with Crippen molar-refractivity contribution < 1.29 is 19.0 Å². The van der Waals surface area contributed by atoms with Crippen molar-refractivity contribution in [2.75, 3.05) is 6.61 Å². The zero-order valence-electron chi connectivity index (χ0n) is 19.1. The molecule has 0 spiro atoms. The number of nitrogens with zero attached hydrogens (tertiary/aromatic N) is 2. The van der Waals surface area contributed by atoms with E-state index in [4.69, 9.17) is 14.2 Å². The van der Waals surface area contributed by atoms with Crippen LogP contribution in [0.25, 0.3) is 0 Å². The molecule has 0 aliphatic carbocycles. The third kappa shape index (κ3) is 8.42. The van der Waals surface area contributed by atoms with Crippen LogP contribution in [0, 0.1) is 0 Å². The molecule has 3 aromatic rings. The van der Waals surface area contributed by atoms with Gasteiger partial charge in [-0.15, -0.1) is 0 Å². The van der Waals surface area contributed by atoms with Gasteiger partial charge in [-0.2, -0.15) is 9.97 Å². The molecule has 1 atom stereocenters. The molecular weight excluding hydrogens is 436 g/mol. The summed E-state index contributed by atoms with van der Waals surface area (Å²) in [6.07, 6.45) is 2.60. The van der Waals surface area contributed by atoms with E-state index in [1.165, 1.54) is 11.8 Å². The van der Waals surface area contributed by atoms with E-state index in [0.29, 0.717) is 43.2 Å². The average Bonchev–Trinajstić information content (AvgIpc) is 2.85. The molecule has 0 bridgehead atoms. The van der Waals surface area contributed by atoms with Gasteiger partial charge in [-0.05, 0) is 24.5 Å². The molecule has 0 amide bonds. The summed E-state index contributed by atoms with van der Waals surface area (Å²) in [6, 6.07) is 21.4. The van der Waals surface area contributed by atoms with Crippen molar-refractivity contribution in [3.8, 4) is 11.8 Å². The Bertz CT molecular complexity index is 924. The van der Waals surface area contributed by atoms with E-state index in [1.54, 1.807) is 6.07 Å². The van der Waals surface area contributed by atoms with Crippen molar-refractivity contribution in [2.45, 2.75) is 56.7 Å². The van der Waals surface area contributed by atoms with Gasteiger partial charge in [0.25, 0.3) is 0 Å². The summed E-state index contributed by atoms with van der Waals surface area (Å²) >= 11 is 1.29. The zero-order valence-corrected chi connectivity index (χ0v) is 19.9. The Morgan fingerprint density at radius 1 is 0.879 bits per heavy atom. The van der Waals surface area contributed by atoms with E-state index in [-0.39, 0.29) is 11.2 Å². The van der Waals surface area contributed by atoms with Gasteiger partial charge in [-0.25, -0.2) is 0 Å². The topological polar surface area (TPSA) is 70.5 Å². The smallest absolute Gasteiger partial charge is 0.319 e. The number of carbonyl (C=O) groups is 1. The van der Waals surface area contributed by atoms with Crippen LogP contribution in [0.3, 0.4) is 0 Å². The summed E-state index contributed by atoms with van der Waals surface area (Å²) in [6.45, 7) is 4.99. The second-order valence-electron chi connectivity index (χ2n) is 7.38. The van der Waals surface area contributed by atoms with Gasteiger partial charge in [-0.3, -0.25) is 4.79 Å². The highest BCUT2D eigenvalue weighted by molar-refractivity contribution is 8.00. The van der Waals surface area contributed by atoms with Crippen LogP contribution in [0.5, 0.6) is 11.8 Å². The van der Waals surface area contributed by atoms with E-state index >= 15 is 0 Å². The van der Waals surface area contributed by atoms with Gasteiger partial charge in [0, 0.05) is 0 Å². The lowest BCUT2D eigenvalue weighted by Gasteiger charge is -2.15. The zero-order chi connectivity index (χ0) is 23.3. The number of ether oxygens (including phenoxy) is 3. The Morgan fingerprint density at radius 3 is 1.91 bits per heavy atom. The van der Waals surface area contributed by atoms with Crippen LogP contribution < -0.4 is 9.47 Å². The molecule has 2 aromatic carbocycles. The summed E-state index contributed by atoms with van der Waals surface area (Å²) < 4.78 is 17.1. The molecule has 1 heterocycles. The number of hydrogen-bond acceptors (Lipinski definition) is 7. The maximum absolute atomic E-state index is 12.5. The van der Waals surface area contributed by atoms with Gasteiger partial charge in [0.05, 0.1) is 12.7 Å². The molecular formula is C26H30N2O4S. The van der Waals surface area contributed by atoms with E-state index in [9.17, 15) is 4.79 Å². The predicted molar refractivity (Wildman–Crippen MR) is 129 cm³/mol. The Morgan fingerprint density at radius 2 is 1.42 bits per heavy atom. The van der Waals surface area contributed by atoms with Crippen LogP contribution in [0.4, 0.5) is 0 Å². The molecule has 0 aliphatic heterocycles. The van der Waals surface area contributed by atoms with Crippen molar-refractivity contribution in [3.63, 3.8) is 0 Å². The van der Waals surface area contributed by atoms with Crippen molar-refractivity contribution in [1.82, 2.24) is 9.97 Å². The summed E-state index contributed by atoms with van der Waals surface area (Å²) in [5.41, 5.74) is 2.06. The molecule has 0 aliphatic rings. The Balaban J connectivity index is 1.78. The first-order chi connectivity index (χ1) is 16.2. The molecule has 3 rings (SSSR count). The maximum atomic E-state index is 12.5. The number of benzene rings is 2.